The summed E-state index contributed by atoms with van der Waals surface area (Å²) in [5.41, 5.74) is 1.65. The third-order valence-electron chi connectivity index (χ3n) is 4.94. The number of aryl methyl sites for hydroxylation is 1. The Morgan fingerprint density at radius 1 is 1.22 bits per heavy atom. The van der Waals surface area contributed by atoms with Crippen LogP contribution in [0.5, 0.6) is 0 Å². The number of benzene rings is 1. The van der Waals surface area contributed by atoms with Crippen LogP contribution < -0.4 is 5.32 Å². The first kappa shape index (κ1) is 16.1. The second-order valence-corrected chi connectivity index (χ2v) is 7.10. The van der Waals surface area contributed by atoms with Crippen LogP contribution in [0.15, 0.2) is 28.7 Å². The smallest absolute Gasteiger partial charge is 0.287 e. The van der Waals surface area contributed by atoms with Crippen LogP contribution in [0, 0.1) is 6.92 Å². The molecule has 0 bridgehead atoms. The number of furan rings is 1. The Labute approximate surface area is 137 Å². The first-order chi connectivity index (χ1) is 11.0. The van der Waals surface area contributed by atoms with E-state index in [9.17, 15) is 4.79 Å². The van der Waals surface area contributed by atoms with Crippen molar-refractivity contribution in [2.45, 2.75) is 45.6 Å². The molecule has 1 amide bonds. The van der Waals surface area contributed by atoms with Gasteiger partial charge in [-0.15, -0.1) is 0 Å². The number of nitrogens with one attached hydrogen (secondary N) is 1. The van der Waals surface area contributed by atoms with E-state index in [2.05, 4.69) is 24.1 Å². The number of piperidine rings is 1. The molecule has 0 spiro atoms. The molecule has 1 saturated heterocycles. The van der Waals surface area contributed by atoms with Gasteiger partial charge in [-0.3, -0.25) is 9.69 Å². The predicted octanol–water partition coefficient (Wildman–Crippen LogP) is 3.74. The van der Waals surface area contributed by atoms with Gasteiger partial charge in [0.2, 0.25) is 0 Å². The molecule has 1 N–H and O–H groups in total. The Bertz CT molecular complexity index is 696. The number of nitrogens with zero attached hydrogens (tertiary/aromatic N) is 1. The molecule has 0 radical (unpaired) electrons. The number of para-hydroxylation sites is 1. The Balaban J connectivity index is 1.69. The maximum atomic E-state index is 12.5. The Kier molecular flexibility index (Phi) is 4.44. The fourth-order valence-corrected chi connectivity index (χ4v) is 3.38. The molecule has 0 unspecified atom stereocenters. The highest BCUT2D eigenvalue weighted by atomic mass is 16.3. The van der Waals surface area contributed by atoms with Crippen molar-refractivity contribution in [2.75, 3.05) is 19.6 Å². The third kappa shape index (κ3) is 3.27. The number of rotatable bonds is 4. The molecule has 23 heavy (non-hydrogen) atoms. The van der Waals surface area contributed by atoms with E-state index in [1.54, 1.807) is 0 Å². The molecule has 1 aliphatic heterocycles. The molecule has 0 saturated carbocycles. The molecule has 1 fully saturated rings. The Hall–Kier alpha value is -1.81. The van der Waals surface area contributed by atoms with Crippen molar-refractivity contribution in [1.82, 2.24) is 10.2 Å². The molecule has 0 aliphatic carbocycles. The number of amides is 1. The molecular formula is C19H26N2O2. The zero-order chi connectivity index (χ0) is 16.4. The molecule has 1 aromatic heterocycles. The van der Waals surface area contributed by atoms with E-state index in [1.165, 1.54) is 19.3 Å². The van der Waals surface area contributed by atoms with Crippen LogP contribution in [-0.4, -0.2) is 36.0 Å². The molecular weight excluding hydrogens is 288 g/mol. The first-order valence-electron chi connectivity index (χ1n) is 8.50. The summed E-state index contributed by atoms with van der Waals surface area (Å²) in [5, 5.41) is 4.07. The standard InChI is InChI=1S/C19H26N2O2/c1-14-15-9-5-6-10-16(15)23-17(14)18(22)20-13-19(2,3)21-11-7-4-8-12-21/h5-6,9-10H,4,7-8,11-13H2,1-3H3,(H,20,22). The van der Waals surface area contributed by atoms with Crippen LogP contribution in [0.4, 0.5) is 0 Å². The Morgan fingerprint density at radius 3 is 2.61 bits per heavy atom. The highest BCUT2D eigenvalue weighted by Crippen LogP contribution is 2.25. The van der Waals surface area contributed by atoms with E-state index in [-0.39, 0.29) is 11.4 Å². The van der Waals surface area contributed by atoms with Crippen LogP contribution in [-0.2, 0) is 0 Å². The summed E-state index contributed by atoms with van der Waals surface area (Å²) in [5.74, 6) is 0.310. The number of carbonyl (C=O) groups is 1. The second-order valence-electron chi connectivity index (χ2n) is 7.10. The van der Waals surface area contributed by atoms with Gasteiger partial charge >= 0.3 is 0 Å². The molecule has 1 aliphatic rings. The monoisotopic (exact) mass is 314 g/mol. The van der Waals surface area contributed by atoms with Gasteiger partial charge in [0.05, 0.1) is 0 Å². The van der Waals surface area contributed by atoms with Gasteiger partial charge in [0.15, 0.2) is 5.76 Å². The average Bonchev–Trinajstić information content (AvgIpc) is 2.91. The molecule has 2 heterocycles. The zero-order valence-corrected chi connectivity index (χ0v) is 14.3. The fourth-order valence-electron chi connectivity index (χ4n) is 3.38. The van der Waals surface area contributed by atoms with Gasteiger partial charge in [-0.05, 0) is 52.8 Å². The van der Waals surface area contributed by atoms with Gasteiger partial charge in [0.25, 0.3) is 5.91 Å². The lowest BCUT2D eigenvalue weighted by molar-refractivity contribution is 0.0780. The van der Waals surface area contributed by atoms with Crippen LogP contribution in [0.2, 0.25) is 0 Å². The number of likely N-dealkylation sites (tertiary alicyclic amines) is 1. The molecule has 2 aromatic rings. The minimum atomic E-state index is -0.121. The minimum Gasteiger partial charge on any atom is -0.451 e. The quantitative estimate of drug-likeness (QED) is 0.935. The number of fused-ring (bicyclic) bond motifs is 1. The lowest BCUT2D eigenvalue weighted by Crippen LogP contribution is -2.53. The van der Waals surface area contributed by atoms with E-state index < -0.39 is 0 Å². The molecule has 3 rings (SSSR count). The molecule has 4 nitrogen and oxygen atoms in total. The van der Waals surface area contributed by atoms with Crippen molar-refractivity contribution >= 4 is 16.9 Å². The van der Waals surface area contributed by atoms with E-state index in [0.29, 0.717) is 12.3 Å². The first-order valence-corrected chi connectivity index (χ1v) is 8.50. The summed E-state index contributed by atoms with van der Waals surface area (Å²) in [6, 6.07) is 7.78. The van der Waals surface area contributed by atoms with E-state index in [1.807, 2.05) is 31.2 Å². The van der Waals surface area contributed by atoms with Crippen LogP contribution >= 0.6 is 0 Å². The number of hydrogen-bond acceptors (Lipinski definition) is 3. The maximum absolute atomic E-state index is 12.5. The minimum absolute atomic E-state index is 0.0317. The van der Waals surface area contributed by atoms with Gasteiger partial charge < -0.3 is 9.73 Å². The largest absolute Gasteiger partial charge is 0.451 e. The summed E-state index contributed by atoms with van der Waals surface area (Å²) in [4.78, 5) is 15.0. The molecule has 0 atom stereocenters. The van der Waals surface area contributed by atoms with Crippen LogP contribution in [0.1, 0.15) is 49.2 Å². The number of carbonyl (C=O) groups excluding carboxylic acids is 1. The van der Waals surface area contributed by atoms with E-state index in [0.717, 1.165) is 29.6 Å². The molecule has 4 heteroatoms. The summed E-state index contributed by atoms with van der Waals surface area (Å²) < 4.78 is 5.75. The summed E-state index contributed by atoms with van der Waals surface area (Å²) in [6.45, 7) is 9.20. The fraction of sp³-hybridized carbons (Fsp3) is 0.526. The highest BCUT2D eigenvalue weighted by molar-refractivity contribution is 5.98. The zero-order valence-electron chi connectivity index (χ0n) is 14.3. The Morgan fingerprint density at radius 2 is 1.91 bits per heavy atom. The summed E-state index contributed by atoms with van der Waals surface area (Å²) in [6.07, 6.45) is 3.82. The van der Waals surface area contributed by atoms with E-state index in [4.69, 9.17) is 4.42 Å². The van der Waals surface area contributed by atoms with Gasteiger partial charge in [-0.25, -0.2) is 0 Å². The summed E-state index contributed by atoms with van der Waals surface area (Å²) in [7, 11) is 0. The topological polar surface area (TPSA) is 45.5 Å². The maximum Gasteiger partial charge on any atom is 0.287 e. The van der Waals surface area contributed by atoms with Gasteiger partial charge in [0.1, 0.15) is 5.58 Å². The van der Waals surface area contributed by atoms with Gasteiger partial charge in [-0.1, -0.05) is 24.6 Å². The van der Waals surface area contributed by atoms with Crippen molar-refractivity contribution in [3.8, 4) is 0 Å². The van der Waals surface area contributed by atoms with Crippen molar-refractivity contribution in [3.63, 3.8) is 0 Å². The van der Waals surface area contributed by atoms with Gasteiger partial charge in [0, 0.05) is 23.0 Å². The van der Waals surface area contributed by atoms with Crippen molar-refractivity contribution < 1.29 is 9.21 Å². The predicted molar refractivity (Wildman–Crippen MR) is 92.8 cm³/mol. The molecule has 124 valence electrons. The highest BCUT2D eigenvalue weighted by Gasteiger charge is 2.29. The molecule has 1 aromatic carbocycles. The van der Waals surface area contributed by atoms with Gasteiger partial charge in [-0.2, -0.15) is 0 Å². The van der Waals surface area contributed by atoms with Crippen molar-refractivity contribution in [2.24, 2.45) is 0 Å². The van der Waals surface area contributed by atoms with Crippen molar-refractivity contribution in [3.05, 3.63) is 35.6 Å². The average molecular weight is 314 g/mol. The second kappa shape index (κ2) is 6.36. The SMILES string of the molecule is Cc1c(C(=O)NCC(C)(C)N2CCCCC2)oc2ccccc12. The third-order valence-corrected chi connectivity index (χ3v) is 4.94. The van der Waals surface area contributed by atoms with Crippen LogP contribution in [0.25, 0.3) is 11.0 Å². The number of hydrogen-bond donors (Lipinski definition) is 1. The van der Waals surface area contributed by atoms with Crippen molar-refractivity contribution in [1.29, 1.82) is 0 Å². The van der Waals surface area contributed by atoms with Crippen LogP contribution in [0.3, 0.4) is 0 Å². The normalized spacial score (nSPS) is 16.7. The summed E-state index contributed by atoms with van der Waals surface area (Å²) >= 11 is 0. The lowest BCUT2D eigenvalue weighted by Gasteiger charge is -2.41. The lowest BCUT2D eigenvalue weighted by atomic mass is 9.98. The van der Waals surface area contributed by atoms with E-state index >= 15 is 0 Å².